The molecule has 0 heterocycles. The second-order valence-electron chi connectivity index (χ2n) is 13.9. The summed E-state index contributed by atoms with van der Waals surface area (Å²) in [5.74, 6) is -3.42. The number of hydrogen-bond donors (Lipinski definition) is 2. The monoisotopic (exact) mass is 710 g/mol. The van der Waals surface area contributed by atoms with Gasteiger partial charge in [-0.15, -0.1) is 0 Å². The van der Waals surface area contributed by atoms with Crippen molar-refractivity contribution in [3.05, 3.63) is 103 Å². The van der Waals surface area contributed by atoms with Crippen molar-refractivity contribution in [3.8, 4) is 0 Å². The van der Waals surface area contributed by atoms with Crippen molar-refractivity contribution in [2.75, 3.05) is 13.1 Å². The minimum absolute atomic E-state index is 0.0466. The zero-order valence-electron chi connectivity index (χ0n) is 28.1. The van der Waals surface area contributed by atoms with E-state index in [1.807, 2.05) is 12.2 Å². The molecule has 0 aromatic heterocycles. The summed E-state index contributed by atoms with van der Waals surface area (Å²) in [6.07, 6.45) is 21.4. The van der Waals surface area contributed by atoms with Gasteiger partial charge in [0.1, 0.15) is 0 Å². The van der Waals surface area contributed by atoms with E-state index < -0.39 is 39.9 Å². The fourth-order valence-electron chi connectivity index (χ4n) is 8.35. The number of nitrogens with one attached hydrogen (secondary N) is 2. The van der Waals surface area contributed by atoms with E-state index in [2.05, 4.69) is 10.6 Å². The molecule has 0 bridgehead atoms. The second-order valence-corrected chi connectivity index (χ2v) is 19.9. The molecule has 2 amide bonds. The number of halogens is 4. The van der Waals surface area contributed by atoms with Gasteiger partial charge in [0.2, 0.25) is 0 Å². The first kappa shape index (κ1) is 35.6. The summed E-state index contributed by atoms with van der Waals surface area (Å²) in [6.45, 7) is 0.354. The summed E-state index contributed by atoms with van der Waals surface area (Å²) in [5, 5.41) is 5.88. The molecule has 4 aliphatic rings. The molecule has 9 heteroatoms. The fourth-order valence-corrected chi connectivity index (χ4v) is 16.7. The van der Waals surface area contributed by atoms with Crippen LogP contribution in [0.1, 0.15) is 88.2 Å². The van der Waals surface area contributed by atoms with Gasteiger partial charge in [0.25, 0.3) is 0 Å². The zero-order chi connectivity index (χ0) is 34.4. The Balaban J connectivity index is 1.37. The third-order valence-electron chi connectivity index (χ3n) is 10.9. The van der Waals surface area contributed by atoms with Crippen molar-refractivity contribution in [1.82, 2.24) is 10.6 Å². The predicted molar refractivity (Wildman–Crippen MR) is 182 cm³/mol. The Morgan fingerprint density at radius 1 is 0.612 bits per heavy atom. The first-order valence-electron chi connectivity index (χ1n) is 18.0. The van der Waals surface area contributed by atoms with E-state index in [-0.39, 0.29) is 68.4 Å². The number of rotatable bonds is 12. The standard InChI is InChI=1S/2C15H18F2NO.2C5H5.Ti/c2*16-13-7-6-11(14(17)10-13)8-9-18-15(19)12-4-2-1-3-5-12;2*1-2-4-5-3-1;/h2*6-7,12H,1-5,8-9H2,(H,18,19);2*1-3H,4H2;. The Morgan fingerprint density at radius 3 is 1.39 bits per heavy atom. The third-order valence-corrected chi connectivity index (χ3v) is 18.9. The molecule has 0 unspecified atom stereocenters. The van der Waals surface area contributed by atoms with Gasteiger partial charge >= 0.3 is 292 Å². The topological polar surface area (TPSA) is 58.2 Å². The average Bonchev–Trinajstić information content (AvgIpc) is 3.86. The molecule has 260 valence electrons. The van der Waals surface area contributed by atoms with E-state index >= 15 is 17.6 Å². The van der Waals surface area contributed by atoms with Crippen LogP contribution in [0.15, 0.2) is 68.5 Å². The van der Waals surface area contributed by atoms with Gasteiger partial charge in [0, 0.05) is 0 Å². The number of hydrogen-bond acceptors (Lipinski definition) is 2. The normalized spacial score (nSPS) is 18.4. The molecule has 2 aromatic carbocycles. The number of benzene rings is 2. The first-order valence-corrected chi connectivity index (χ1v) is 21.2. The van der Waals surface area contributed by atoms with Gasteiger partial charge in [-0.1, -0.05) is 0 Å². The Hall–Kier alpha value is -3.23. The van der Waals surface area contributed by atoms with Crippen LogP contribution in [-0.4, -0.2) is 24.9 Å². The second kappa shape index (κ2) is 16.2. The molecule has 2 fully saturated rings. The molecule has 0 spiro atoms. The van der Waals surface area contributed by atoms with Crippen LogP contribution in [0.4, 0.5) is 17.6 Å². The van der Waals surface area contributed by atoms with Gasteiger partial charge in [0.15, 0.2) is 0 Å². The molecule has 0 aliphatic heterocycles. The van der Waals surface area contributed by atoms with Gasteiger partial charge in [-0.3, -0.25) is 0 Å². The molecular formula is C40H46F4N2O2Ti. The summed E-state index contributed by atoms with van der Waals surface area (Å²) in [7, 11) is 0. The SMILES string of the molecule is O=C(NCCc1ccc(F)[c]([Ti]([C]2=CC=CC2)([C]2=CC=CC2)[c]2c(F)ccc(CCNC(=O)C3CCCCC3)c2F)c1F)C1CCCCC1. The van der Waals surface area contributed by atoms with E-state index in [1.165, 1.54) is 24.3 Å². The van der Waals surface area contributed by atoms with Crippen LogP contribution in [0.5, 0.6) is 0 Å². The predicted octanol–water partition coefficient (Wildman–Crippen LogP) is 7.51. The van der Waals surface area contributed by atoms with Crippen molar-refractivity contribution in [2.24, 2.45) is 11.8 Å². The third kappa shape index (κ3) is 7.46. The molecule has 4 aliphatic carbocycles. The minimum atomic E-state index is -4.97. The maximum atomic E-state index is 17.0. The molecule has 0 atom stereocenters. The van der Waals surface area contributed by atoms with E-state index in [4.69, 9.17) is 0 Å². The van der Waals surface area contributed by atoms with Gasteiger partial charge < -0.3 is 0 Å². The molecule has 2 aromatic rings. The van der Waals surface area contributed by atoms with Gasteiger partial charge in [-0.05, 0) is 0 Å². The summed E-state index contributed by atoms with van der Waals surface area (Å²) in [5.41, 5.74) is 0.409. The van der Waals surface area contributed by atoms with Crippen molar-refractivity contribution in [1.29, 1.82) is 0 Å². The van der Waals surface area contributed by atoms with Crippen LogP contribution in [0.2, 0.25) is 0 Å². The van der Waals surface area contributed by atoms with Crippen LogP contribution in [-0.2, 0) is 39.0 Å². The molecule has 0 radical (unpaired) electrons. The van der Waals surface area contributed by atoms with Crippen molar-refractivity contribution in [2.45, 2.75) is 89.9 Å². The molecule has 0 saturated heterocycles. The van der Waals surface area contributed by atoms with Crippen LogP contribution in [0.3, 0.4) is 0 Å². The summed E-state index contributed by atoms with van der Waals surface area (Å²) >= 11 is -4.97. The molecule has 2 N–H and O–H groups in total. The Bertz CT molecular complexity index is 1560. The van der Waals surface area contributed by atoms with E-state index in [1.54, 1.807) is 24.3 Å². The molecule has 4 nitrogen and oxygen atoms in total. The Labute approximate surface area is 290 Å². The number of carbonyl (C=O) groups is 2. The average molecular weight is 711 g/mol. The maximum absolute atomic E-state index is 17.0. The fraction of sp³-hybridized carbons (Fsp3) is 0.450. The zero-order valence-corrected chi connectivity index (χ0v) is 29.6. The first-order chi connectivity index (χ1) is 23.8. The summed E-state index contributed by atoms with van der Waals surface area (Å²) in [4.78, 5) is 25.6. The molecule has 6 rings (SSSR count). The van der Waals surface area contributed by atoms with E-state index in [9.17, 15) is 9.59 Å². The Morgan fingerprint density at radius 2 is 1.02 bits per heavy atom. The van der Waals surface area contributed by atoms with Crippen molar-refractivity contribution < 1.29 is 43.7 Å². The van der Waals surface area contributed by atoms with E-state index in [0.29, 0.717) is 20.6 Å². The van der Waals surface area contributed by atoms with Gasteiger partial charge in [0.05, 0.1) is 0 Å². The molecule has 2 saturated carbocycles. The van der Waals surface area contributed by atoms with Crippen LogP contribution < -0.4 is 18.4 Å². The number of carbonyl (C=O) groups excluding carboxylic acids is 2. The molecule has 49 heavy (non-hydrogen) atoms. The molecular weight excluding hydrogens is 664 g/mol. The van der Waals surface area contributed by atoms with Crippen LogP contribution in [0.25, 0.3) is 0 Å². The summed E-state index contributed by atoms with van der Waals surface area (Å²) < 4.78 is 67.7. The van der Waals surface area contributed by atoms with Gasteiger partial charge in [-0.2, -0.15) is 0 Å². The van der Waals surface area contributed by atoms with Crippen LogP contribution in [0, 0.1) is 35.1 Å². The van der Waals surface area contributed by atoms with Crippen molar-refractivity contribution in [3.63, 3.8) is 0 Å². The number of amides is 2. The van der Waals surface area contributed by atoms with Crippen molar-refractivity contribution >= 4 is 19.6 Å². The number of allylic oxidation sites excluding steroid dienone is 8. The quantitative estimate of drug-likeness (QED) is 0.177. The Kier molecular flexibility index (Phi) is 11.8. The van der Waals surface area contributed by atoms with Crippen LogP contribution >= 0.6 is 0 Å². The van der Waals surface area contributed by atoms with Gasteiger partial charge in [-0.25, -0.2) is 0 Å². The summed E-state index contributed by atoms with van der Waals surface area (Å²) in [6, 6.07) is 5.19. The van der Waals surface area contributed by atoms with E-state index in [0.717, 1.165) is 64.2 Å².